The van der Waals surface area contributed by atoms with Crippen LogP contribution in [0.15, 0.2) is 42.5 Å². The van der Waals surface area contributed by atoms with Crippen molar-refractivity contribution < 1.29 is 13.2 Å². The fraction of sp³-hybridized carbons (Fsp3) is 0.200. The Balaban J connectivity index is 2.10. The van der Waals surface area contributed by atoms with Crippen LogP contribution in [0.4, 0.5) is 5.82 Å². The Morgan fingerprint density at radius 1 is 1.13 bits per heavy atom. The number of hydrogen-bond acceptors (Lipinski definition) is 5. The van der Waals surface area contributed by atoms with Crippen molar-refractivity contribution in [2.45, 2.75) is 12.3 Å². The Bertz CT molecular complexity index is 806. The van der Waals surface area contributed by atoms with Crippen LogP contribution in [0.1, 0.15) is 21.6 Å². The smallest absolute Gasteiger partial charge is 0.270 e. The van der Waals surface area contributed by atoms with Crippen LogP contribution in [0.3, 0.4) is 0 Å². The van der Waals surface area contributed by atoms with Gasteiger partial charge in [-0.3, -0.25) is 4.79 Å². The number of nitrogens with one attached hydrogen (secondary N) is 2. The lowest BCUT2D eigenvalue weighted by atomic mass is 10.1. The summed E-state index contributed by atoms with van der Waals surface area (Å²) in [6, 6.07) is 12.0. The summed E-state index contributed by atoms with van der Waals surface area (Å²) in [6.07, 6.45) is 0. The maximum atomic E-state index is 12.1. The molecule has 122 valence electrons. The lowest BCUT2D eigenvalue weighted by Crippen LogP contribution is -2.25. The minimum Gasteiger partial charge on any atom is -0.373 e. The topological polar surface area (TPSA) is 114 Å². The molecule has 0 saturated carbocycles. The van der Waals surface area contributed by atoms with E-state index in [1.165, 1.54) is 0 Å². The zero-order chi connectivity index (χ0) is 16.9. The Hall–Kier alpha value is -2.45. The van der Waals surface area contributed by atoms with E-state index in [0.717, 1.165) is 0 Å². The van der Waals surface area contributed by atoms with Crippen molar-refractivity contribution in [2.75, 3.05) is 12.4 Å². The van der Waals surface area contributed by atoms with Gasteiger partial charge >= 0.3 is 0 Å². The van der Waals surface area contributed by atoms with Crippen LogP contribution < -0.4 is 15.8 Å². The van der Waals surface area contributed by atoms with Crippen molar-refractivity contribution in [3.8, 4) is 0 Å². The minimum atomic E-state index is -3.63. The predicted molar refractivity (Wildman–Crippen MR) is 88.2 cm³/mol. The zero-order valence-electron chi connectivity index (χ0n) is 12.6. The summed E-state index contributed by atoms with van der Waals surface area (Å²) in [5, 5.41) is 10.7. The molecule has 0 aliphatic heterocycles. The molecule has 1 amide bonds. The number of primary sulfonamides is 1. The van der Waals surface area contributed by atoms with Crippen molar-refractivity contribution >= 4 is 21.7 Å². The molecule has 23 heavy (non-hydrogen) atoms. The third-order valence-electron chi connectivity index (χ3n) is 3.15. The number of hydrogen-bond donors (Lipinski definition) is 3. The summed E-state index contributed by atoms with van der Waals surface area (Å²) in [5.74, 6) is -0.0215. The number of aromatic nitrogens is 1. The summed E-state index contributed by atoms with van der Waals surface area (Å²) in [4.78, 5) is 16.3. The van der Waals surface area contributed by atoms with Crippen LogP contribution in [0.2, 0.25) is 0 Å². The van der Waals surface area contributed by atoms with E-state index in [1.54, 1.807) is 49.5 Å². The molecule has 0 aliphatic rings. The maximum Gasteiger partial charge on any atom is 0.270 e. The lowest BCUT2D eigenvalue weighted by molar-refractivity contribution is 0.0946. The van der Waals surface area contributed by atoms with Gasteiger partial charge in [0.1, 0.15) is 11.5 Å². The molecular formula is C15H18N4O3S. The number of benzene rings is 1. The van der Waals surface area contributed by atoms with Gasteiger partial charge in [-0.25, -0.2) is 18.5 Å². The van der Waals surface area contributed by atoms with Crippen LogP contribution in [-0.4, -0.2) is 26.4 Å². The van der Waals surface area contributed by atoms with E-state index in [0.29, 0.717) is 16.9 Å². The minimum absolute atomic E-state index is 0.190. The van der Waals surface area contributed by atoms with Crippen LogP contribution in [0.5, 0.6) is 0 Å². The largest absolute Gasteiger partial charge is 0.373 e. The van der Waals surface area contributed by atoms with Gasteiger partial charge in [-0.05, 0) is 23.3 Å². The number of anilines is 1. The highest BCUT2D eigenvalue weighted by atomic mass is 32.2. The van der Waals surface area contributed by atoms with Gasteiger partial charge in [0, 0.05) is 13.6 Å². The second-order valence-electron chi connectivity index (χ2n) is 4.92. The van der Waals surface area contributed by atoms with Crippen LogP contribution in [-0.2, 0) is 22.3 Å². The average molecular weight is 334 g/mol. The zero-order valence-corrected chi connectivity index (χ0v) is 13.4. The normalized spacial score (nSPS) is 11.0. The second kappa shape index (κ2) is 7.21. The quantitative estimate of drug-likeness (QED) is 0.724. The molecule has 0 atom stereocenters. The van der Waals surface area contributed by atoms with Gasteiger partial charge in [0.25, 0.3) is 5.91 Å². The Morgan fingerprint density at radius 3 is 2.48 bits per heavy atom. The summed E-state index contributed by atoms with van der Waals surface area (Å²) in [6.45, 7) is 0.190. The molecule has 0 saturated heterocycles. The van der Waals surface area contributed by atoms with Gasteiger partial charge < -0.3 is 10.6 Å². The van der Waals surface area contributed by atoms with E-state index in [-0.39, 0.29) is 23.9 Å². The third-order valence-corrected chi connectivity index (χ3v) is 3.87. The summed E-state index contributed by atoms with van der Waals surface area (Å²) in [5.41, 5.74) is 1.53. The molecule has 1 aromatic carbocycles. The number of sulfonamides is 1. The first-order valence-electron chi connectivity index (χ1n) is 6.89. The molecule has 8 heteroatoms. The number of pyridine rings is 1. The second-order valence-corrected chi connectivity index (χ2v) is 6.53. The maximum absolute atomic E-state index is 12.1. The average Bonchev–Trinajstić information content (AvgIpc) is 2.52. The van der Waals surface area contributed by atoms with E-state index >= 15 is 0 Å². The fourth-order valence-corrected chi connectivity index (χ4v) is 2.77. The highest BCUT2D eigenvalue weighted by Crippen LogP contribution is 2.12. The van der Waals surface area contributed by atoms with E-state index < -0.39 is 10.0 Å². The molecule has 0 radical (unpaired) electrons. The highest BCUT2D eigenvalue weighted by Gasteiger charge is 2.12. The molecule has 1 aromatic heterocycles. The summed E-state index contributed by atoms with van der Waals surface area (Å²) >= 11 is 0. The van der Waals surface area contributed by atoms with E-state index in [9.17, 15) is 13.2 Å². The highest BCUT2D eigenvalue weighted by molar-refractivity contribution is 7.88. The molecule has 1 heterocycles. The van der Waals surface area contributed by atoms with Gasteiger partial charge in [0.05, 0.1) is 5.75 Å². The molecule has 0 fully saturated rings. The standard InChI is InChI=1S/C15H18N4O3S/c1-17-14-8-4-7-13(19-14)15(20)18-9-11-5-2-3-6-12(11)10-23(16,21)22/h2-8H,9-10H2,1H3,(H,17,19)(H,18,20)(H2,16,21,22). The lowest BCUT2D eigenvalue weighted by Gasteiger charge is -2.10. The van der Waals surface area contributed by atoms with Crippen LogP contribution in [0, 0.1) is 0 Å². The van der Waals surface area contributed by atoms with E-state index in [4.69, 9.17) is 5.14 Å². The number of nitrogens with two attached hydrogens (primary N) is 1. The van der Waals surface area contributed by atoms with Gasteiger partial charge in [0.15, 0.2) is 0 Å². The first kappa shape index (κ1) is 16.9. The number of rotatable bonds is 6. The Morgan fingerprint density at radius 2 is 1.83 bits per heavy atom. The first-order chi connectivity index (χ1) is 10.9. The molecule has 0 bridgehead atoms. The number of nitrogens with zero attached hydrogens (tertiary/aromatic N) is 1. The van der Waals surface area contributed by atoms with Gasteiger partial charge in [0.2, 0.25) is 10.0 Å². The molecule has 7 nitrogen and oxygen atoms in total. The number of carbonyl (C=O) groups excluding carboxylic acids is 1. The monoisotopic (exact) mass is 334 g/mol. The van der Waals surface area contributed by atoms with Crippen molar-refractivity contribution in [1.82, 2.24) is 10.3 Å². The van der Waals surface area contributed by atoms with Gasteiger partial charge in [-0.15, -0.1) is 0 Å². The number of carbonyl (C=O) groups is 1. The molecule has 0 unspecified atom stereocenters. The van der Waals surface area contributed by atoms with Crippen LogP contribution in [0.25, 0.3) is 0 Å². The van der Waals surface area contributed by atoms with E-state index in [1.807, 2.05) is 0 Å². The van der Waals surface area contributed by atoms with Crippen LogP contribution >= 0.6 is 0 Å². The van der Waals surface area contributed by atoms with Crippen molar-refractivity contribution in [3.63, 3.8) is 0 Å². The predicted octanol–water partition coefficient (Wildman–Crippen LogP) is 0.842. The SMILES string of the molecule is CNc1cccc(C(=O)NCc2ccccc2CS(N)(=O)=O)n1. The van der Waals surface area contributed by atoms with Gasteiger partial charge in [-0.1, -0.05) is 30.3 Å². The Labute approximate surface area is 135 Å². The first-order valence-corrected chi connectivity index (χ1v) is 8.61. The third kappa shape index (κ3) is 5.04. The molecular weight excluding hydrogens is 316 g/mol. The number of amides is 1. The summed E-state index contributed by atoms with van der Waals surface area (Å²) in [7, 11) is -1.92. The molecule has 2 aromatic rings. The molecule has 2 rings (SSSR count). The van der Waals surface area contributed by atoms with E-state index in [2.05, 4.69) is 15.6 Å². The van der Waals surface area contributed by atoms with Crippen molar-refractivity contribution in [1.29, 1.82) is 0 Å². The summed E-state index contributed by atoms with van der Waals surface area (Å²) < 4.78 is 22.5. The van der Waals surface area contributed by atoms with Crippen molar-refractivity contribution in [3.05, 3.63) is 59.3 Å². The molecule has 0 spiro atoms. The molecule has 4 N–H and O–H groups in total. The molecule has 0 aliphatic carbocycles. The van der Waals surface area contributed by atoms with Gasteiger partial charge in [-0.2, -0.15) is 0 Å². The Kier molecular flexibility index (Phi) is 5.30. The van der Waals surface area contributed by atoms with Crippen molar-refractivity contribution in [2.24, 2.45) is 5.14 Å². The fourth-order valence-electron chi connectivity index (χ4n) is 2.05.